The van der Waals surface area contributed by atoms with E-state index in [4.69, 9.17) is 19.4 Å². The quantitative estimate of drug-likeness (QED) is 0.186. The SMILES string of the molecule is CC1(C)c2ccccc2-c2ccc(-c3nc(-c4ccccc4)nc(-c4ccc5c(c4)oc4c5ccc5c6ccccc6n(-c6ccccc6)c54)n3)cc21. The standard InChI is InChI=1S/C48H32N4O/c1-48(2)39-19-11-9-17-33(39)34-23-21-30(27-40(34)48)46-49-45(29-13-5-3-6-14-29)50-47(51-46)31-22-24-36-38-26-25-37-35-18-10-12-20-41(35)52(32-15-7-4-8-16-32)43(37)44(38)53-42(36)28-31/h3-28H,1-2H3. The first kappa shape index (κ1) is 29.8. The summed E-state index contributed by atoms with van der Waals surface area (Å²) in [5.74, 6) is 1.87. The zero-order chi connectivity index (χ0) is 35.3. The first-order chi connectivity index (χ1) is 26.0. The summed E-state index contributed by atoms with van der Waals surface area (Å²) >= 11 is 0. The molecule has 0 spiro atoms. The number of furan rings is 1. The fraction of sp³-hybridized carbons (Fsp3) is 0.0625. The molecule has 250 valence electrons. The number of para-hydroxylation sites is 2. The van der Waals surface area contributed by atoms with Gasteiger partial charge >= 0.3 is 0 Å². The Morgan fingerprint density at radius 1 is 0.472 bits per heavy atom. The molecule has 10 aromatic rings. The Bertz CT molecular complexity index is 3080. The lowest BCUT2D eigenvalue weighted by Crippen LogP contribution is -2.15. The molecule has 0 radical (unpaired) electrons. The van der Waals surface area contributed by atoms with Crippen molar-refractivity contribution < 1.29 is 4.42 Å². The van der Waals surface area contributed by atoms with Gasteiger partial charge in [0.25, 0.3) is 0 Å². The fourth-order valence-corrected chi connectivity index (χ4v) is 8.46. The molecule has 0 bridgehead atoms. The normalized spacial score (nSPS) is 13.2. The van der Waals surface area contributed by atoms with Crippen molar-refractivity contribution in [2.24, 2.45) is 0 Å². The molecule has 5 heteroatoms. The smallest absolute Gasteiger partial charge is 0.164 e. The minimum Gasteiger partial charge on any atom is -0.454 e. The highest BCUT2D eigenvalue weighted by molar-refractivity contribution is 6.21. The van der Waals surface area contributed by atoms with Crippen LogP contribution >= 0.6 is 0 Å². The van der Waals surface area contributed by atoms with Crippen LogP contribution in [0, 0.1) is 0 Å². The van der Waals surface area contributed by atoms with Crippen molar-refractivity contribution in [3.8, 4) is 51.0 Å². The Hall–Kier alpha value is -6.85. The third kappa shape index (κ3) is 4.40. The minimum absolute atomic E-state index is 0.135. The van der Waals surface area contributed by atoms with E-state index >= 15 is 0 Å². The van der Waals surface area contributed by atoms with Crippen molar-refractivity contribution in [2.75, 3.05) is 0 Å². The maximum atomic E-state index is 6.86. The van der Waals surface area contributed by atoms with Crippen LogP contribution in [0.1, 0.15) is 25.0 Å². The van der Waals surface area contributed by atoms with Crippen molar-refractivity contribution in [2.45, 2.75) is 19.3 Å². The number of rotatable bonds is 4. The topological polar surface area (TPSA) is 56.7 Å². The van der Waals surface area contributed by atoms with Crippen LogP contribution in [0.15, 0.2) is 162 Å². The molecule has 5 nitrogen and oxygen atoms in total. The lowest BCUT2D eigenvalue weighted by Gasteiger charge is -2.21. The molecule has 1 aliphatic carbocycles. The van der Waals surface area contributed by atoms with Gasteiger partial charge in [0.05, 0.1) is 11.0 Å². The number of hydrogen-bond donors (Lipinski definition) is 0. The van der Waals surface area contributed by atoms with Crippen LogP contribution in [0.3, 0.4) is 0 Å². The van der Waals surface area contributed by atoms with E-state index in [0.29, 0.717) is 17.5 Å². The van der Waals surface area contributed by atoms with Gasteiger partial charge in [-0.1, -0.05) is 129 Å². The van der Waals surface area contributed by atoms with Crippen LogP contribution in [0.4, 0.5) is 0 Å². The Kier molecular flexibility index (Phi) is 6.23. The number of hydrogen-bond acceptors (Lipinski definition) is 4. The maximum absolute atomic E-state index is 6.86. The summed E-state index contributed by atoms with van der Waals surface area (Å²) in [6, 6.07) is 55.3. The van der Waals surface area contributed by atoms with Crippen molar-refractivity contribution in [3.63, 3.8) is 0 Å². The summed E-state index contributed by atoms with van der Waals surface area (Å²) in [5, 5.41) is 4.47. The number of nitrogens with zero attached hydrogens (tertiary/aromatic N) is 4. The molecule has 3 aromatic heterocycles. The van der Waals surface area contributed by atoms with Crippen LogP contribution in [0.2, 0.25) is 0 Å². The third-order valence-electron chi connectivity index (χ3n) is 11.1. The van der Waals surface area contributed by atoms with Gasteiger partial charge in [0.15, 0.2) is 23.1 Å². The predicted molar refractivity (Wildman–Crippen MR) is 215 cm³/mol. The molecule has 1 aliphatic rings. The van der Waals surface area contributed by atoms with Crippen LogP contribution in [0.5, 0.6) is 0 Å². The first-order valence-electron chi connectivity index (χ1n) is 18.0. The van der Waals surface area contributed by atoms with E-state index in [9.17, 15) is 0 Å². The Labute approximate surface area is 305 Å². The van der Waals surface area contributed by atoms with E-state index in [1.807, 2.05) is 30.3 Å². The number of fused-ring (bicyclic) bond motifs is 10. The molecule has 0 saturated carbocycles. The fourth-order valence-electron chi connectivity index (χ4n) is 8.46. The second-order valence-corrected chi connectivity index (χ2v) is 14.4. The molecule has 3 heterocycles. The van der Waals surface area contributed by atoms with Gasteiger partial charge in [-0.2, -0.15) is 0 Å². The Balaban J connectivity index is 1.10. The molecule has 0 aliphatic heterocycles. The van der Waals surface area contributed by atoms with Gasteiger partial charge in [-0.25, -0.2) is 15.0 Å². The second-order valence-electron chi connectivity index (χ2n) is 14.4. The Morgan fingerprint density at radius 3 is 1.89 bits per heavy atom. The van der Waals surface area contributed by atoms with Gasteiger partial charge < -0.3 is 8.98 Å². The zero-order valence-electron chi connectivity index (χ0n) is 29.2. The van der Waals surface area contributed by atoms with E-state index in [1.54, 1.807) is 0 Å². The van der Waals surface area contributed by atoms with Crippen molar-refractivity contribution in [1.82, 2.24) is 19.5 Å². The van der Waals surface area contributed by atoms with Crippen molar-refractivity contribution in [3.05, 3.63) is 169 Å². The minimum atomic E-state index is -0.135. The highest BCUT2D eigenvalue weighted by atomic mass is 16.3. The average Bonchev–Trinajstić information content (AvgIpc) is 3.83. The van der Waals surface area contributed by atoms with Crippen LogP contribution in [0.25, 0.3) is 94.7 Å². The summed E-state index contributed by atoms with van der Waals surface area (Å²) < 4.78 is 9.18. The summed E-state index contributed by atoms with van der Waals surface area (Å²) in [7, 11) is 0. The molecule has 0 fully saturated rings. The molecular formula is C48H32N4O. The van der Waals surface area contributed by atoms with Gasteiger partial charge in [0, 0.05) is 49.3 Å². The molecule has 0 saturated heterocycles. The van der Waals surface area contributed by atoms with Crippen molar-refractivity contribution in [1.29, 1.82) is 0 Å². The van der Waals surface area contributed by atoms with Gasteiger partial charge in [-0.3, -0.25) is 0 Å². The molecule has 53 heavy (non-hydrogen) atoms. The maximum Gasteiger partial charge on any atom is 0.164 e. The van der Waals surface area contributed by atoms with E-state index in [0.717, 1.165) is 60.7 Å². The van der Waals surface area contributed by atoms with Crippen molar-refractivity contribution >= 4 is 43.7 Å². The van der Waals surface area contributed by atoms with E-state index in [2.05, 4.69) is 146 Å². The number of benzene rings is 7. The van der Waals surface area contributed by atoms with Gasteiger partial charge in [-0.15, -0.1) is 0 Å². The highest BCUT2D eigenvalue weighted by Crippen LogP contribution is 2.49. The summed E-state index contributed by atoms with van der Waals surface area (Å²) in [6.45, 7) is 4.59. The number of aromatic nitrogens is 4. The summed E-state index contributed by atoms with van der Waals surface area (Å²) in [5.41, 5.74) is 12.8. The van der Waals surface area contributed by atoms with E-state index in [-0.39, 0.29) is 5.41 Å². The van der Waals surface area contributed by atoms with Crippen LogP contribution in [-0.2, 0) is 5.41 Å². The monoisotopic (exact) mass is 680 g/mol. The highest BCUT2D eigenvalue weighted by Gasteiger charge is 2.35. The molecule has 0 atom stereocenters. The molecule has 0 amide bonds. The summed E-state index contributed by atoms with van der Waals surface area (Å²) in [4.78, 5) is 15.3. The zero-order valence-corrected chi connectivity index (χ0v) is 29.2. The third-order valence-corrected chi connectivity index (χ3v) is 11.1. The first-order valence-corrected chi connectivity index (χ1v) is 18.0. The molecule has 0 N–H and O–H groups in total. The molecule has 0 unspecified atom stereocenters. The predicted octanol–water partition coefficient (Wildman–Crippen LogP) is 12.2. The Morgan fingerprint density at radius 2 is 1.08 bits per heavy atom. The van der Waals surface area contributed by atoms with Crippen LogP contribution < -0.4 is 0 Å². The largest absolute Gasteiger partial charge is 0.454 e. The second kappa shape index (κ2) is 11.1. The summed E-state index contributed by atoms with van der Waals surface area (Å²) in [6.07, 6.45) is 0. The van der Waals surface area contributed by atoms with Gasteiger partial charge in [0.1, 0.15) is 5.58 Å². The van der Waals surface area contributed by atoms with E-state index < -0.39 is 0 Å². The molecule has 11 rings (SSSR count). The van der Waals surface area contributed by atoms with Gasteiger partial charge in [0.2, 0.25) is 0 Å². The van der Waals surface area contributed by atoms with Gasteiger partial charge in [-0.05, 0) is 64.7 Å². The van der Waals surface area contributed by atoms with Crippen LogP contribution in [-0.4, -0.2) is 19.5 Å². The molecule has 7 aromatic carbocycles. The van der Waals surface area contributed by atoms with E-state index in [1.165, 1.54) is 27.6 Å². The molecular weight excluding hydrogens is 649 g/mol. The lowest BCUT2D eigenvalue weighted by molar-refractivity contribution is 0.660. The lowest BCUT2D eigenvalue weighted by atomic mass is 9.82. The average molecular weight is 681 g/mol.